The average Bonchev–Trinajstić information content (AvgIpc) is 2.91. The second-order valence-electron chi connectivity index (χ2n) is 5.80. The molecular formula is C19H21NOS. The highest BCUT2D eigenvalue weighted by molar-refractivity contribution is 7.17. The molecule has 0 saturated carbocycles. The van der Waals surface area contributed by atoms with E-state index in [1.165, 1.54) is 21.2 Å². The number of aliphatic hydroxyl groups excluding tert-OH is 1. The summed E-state index contributed by atoms with van der Waals surface area (Å²) in [6, 6.07) is 18.7. The first-order valence-electron chi connectivity index (χ1n) is 7.58. The number of rotatable bonds is 6. The molecule has 3 aromatic rings. The van der Waals surface area contributed by atoms with E-state index in [2.05, 4.69) is 53.7 Å². The summed E-state index contributed by atoms with van der Waals surface area (Å²) < 4.78 is 1.33. The molecule has 0 aliphatic heterocycles. The van der Waals surface area contributed by atoms with Crippen LogP contribution in [0.2, 0.25) is 0 Å². The zero-order valence-electron chi connectivity index (χ0n) is 12.8. The summed E-state index contributed by atoms with van der Waals surface area (Å²) in [4.78, 5) is 2.20. The van der Waals surface area contributed by atoms with Crippen LogP contribution in [0.5, 0.6) is 0 Å². The monoisotopic (exact) mass is 311 g/mol. The predicted molar refractivity (Wildman–Crippen MR) is 94.3 cm³/mol. The molecule has 1 N–H and O–H groups in total. The molecule has 0 amide bonds. The number of hydrogen-bond donors (Lipinski definition) is 1. The van der Waals surface area contributed by atoms with Crippen LogP contribution in [0.15, 0.2) is 60.0 Å². The van der Waals surface area contributed by atoms with E-state index in [1.54, 1.807) is 11.3 Å². The fourth-order valence-corrected chi connectivity index (χ4v) is 3.78. The fourth-order valence-electron chi connectivity index (χ4n) is 2.82. The van der Waals surface area contributed by atoms with Crippen LogP contribution in [-0.4, -0.2) is 29.7 Å². The fraction of sp³-hybridized carbons (Fsp3) is 0.263. The van der Waals surface area contributed by atoms with E-state index in [0.717, 1.165) is 6.54 Å². The molecule has 1 atom stereocenters. The Kier molecular flexibility index (Phi) is 4.88. The number of fused-ring (bicyclic) bond motifs is 1. The standard InChI is InChI=1S/C19H21NOS/c1-20(13-17(21)11-15-7-3-2-4-8-15)12-16-14-22-19-10-6-5-9-18(16)19/h2-10,14,17,21H,11-13H2,1H3. The Hall–Kier alpha value is -1.68. The van der Waals surface area contributed by atoms with Crippen LogP contribution in [0.4, 0.5) is 0 Å². The van der Waals surface area contributed by atoms with Crippen molar-refractivity contribution in [3.8, 4) is 0 Å². The van der Waals surface area contributed by atoms with Gasteiger partial charge >= 0.3 is 0 Å². The van der Waals surface area contributed by atoms with Crippen LogP contribution in [0.25, 0.3) is 10.1 Å². The Morgan fingerprint density at radius 3 is 2.59 bits per heavy atom. The minimum absolute atomic E-state index is 0.336. The molecule has 22 heavy (non-hydrogen) atoms. The minimum Gasteiger partial charge on any atom is -0.391 e. The summed E-state index contributed by atoms with van der Waals surface area (Å²) in [6.07, 6.45) is 0.368. The lowest BCUT2D eigenvalue weighted by atomic mass is 10.1. The molecule has 1 unspecified atom stereocenters. The van der Waals surface area contributed by atoms with Crippen LogP contribution in [0.3, 0.4) is 0 Å². The SMILES string of the molecule is CN(Cc1csc2ccccc12)CC(O)Cc1ccccc1. The van der Waals surface area contributed by atoms with Gasteiger partial charge in [-0.2, -0.15) is 0 Å². The molecule has 3 heteroatoms. The molecule has 2 nitrogen and oxygen atoms in total. The van der Waals surface area contributed by atoms with Gasteiger partial charge in [0.05, 0.1) is 6.10 Å². The van der Waals surface area contributed by atoms with E-state index in [9.17, 15) is 5.11 Å². The largest absolute Gasteiger partial charge is 0.391 e. The van der Waals surface area contributed by atoms with Crippen molar-refractivity contribution in [2.75, 3.05) is 13.6 Å². The third-order valence-corrected chi connectivity index (χ3v) is 4.85. The lowest BCUT2D eigenvalue weighted by Crippen LogP contribution is -2.30. The van der Waals surface area contributed by atoms with Gasteiger partial charge < -0.3 is 5.11 Å². The summed E-state index contributed by atoms with van der Waals surface area (Å²) in [5, 5.41) is 13.8. The first-order chi connectivity index (χ1) is 10.7. The van der Waals surface area contributed by atoms with Gasteiger partial charge in [0.15, 0.2) is 0 Å². The van der Waals surface area contributed by atoms with Gasteiger partial charge in [-0.1, -0.05) is 48.5 Å². The zero-order chi connectivity index (χ0) is 15.4. The molecule has 3 rings (SSSR count). The van der Waals surface area contributed by atoms with Crippen LogP contribution in [0.1, 0.15) is 11.1 Å². The smallest absolute Gasteiger partial charge is 0.0707 e. The van der Waals surface area contributed by atoms with E-state index in [1.807, 2.05) is 18.2 Å². The molecule has 0 aliphatic rings. The molecule has 2 aromatic carbocycles. The number of hydrogen-bond acceptors (Lipinski definition) is 3. The van der Waals surface area contributed by atoms with Gasteiger partial charge in [0.25, 0.3) is 0 Å². The number of aliphatic hydroxyl groups is 1. The van der Waals surface area contributed by atoms with E-state index < -0.39 is 0 Å². The quantitative estimate of drug-likeness (QED) is 0.745. The Morgan fingerprint density at radius 2 is 1.77 bits per heavy atom. The molecule has 1 aromatic heterocycles. The second-order valence-corrected chi connectivity index (χ2v) is 6.71. The highest BCUT2D eigenvalue weighted by atomic mass is 32.1. The molecule has 1 heterocycles. The molecule has 0 spiro atoms. The molecule has 0 fully saturated rings. The van der Waals surface area contributed by atoms with E-state index in [0.29, 0.717) is 13.0 Å². The lowest BCUT2D eigenvalue weighted by molar-refractivity contribution is 0.123. The van der Waals surface area contributed by atoms with Crippen molar-refractivity contribution < 1.29 is 5.11 Å². The van der Waals surface area contributed by atoms with E-state index in [4.69, 9.17) is 0 Å². The normalized spacial score (nSPS) is 12.9. The van der Waals surface area contributed by atoms with Crippen LogP contribution in [-0.2, 0) is 13.0 Å². The Bertz CT molecular complexity index is 722. The predicted octanol–water partition coefficient (Wildman–Crippen LogP) is 3.94. The van der Waals surface area contributed by atoms with Gasteiger partial charge in [-0.3, -0.25) is 4.90 Å². The van der Waals surface area contributed by atoms with Gasteiger partial charge in [0, 0.05) is 17.8 Å². The Labute approximate surface area is 135 Å². The van der Waals surface area contributed by atoms with Gasteiger partial charge in [0.2, 0.25) is 0 Å². The summed E-state index contributed by atoms with van der Waals surface area (Å²) >= 11 is 1.79. The number of likely N-dealkylation sites (N-methyl/N-ethyl adjacent to an activating group) is 1. The first-order valence-corrected chi connectivity index (χ1v) is 8.46. The van der Waals surface area contributed by atoms with Gasteiger partial charge in [-0.25, -0.2) is 0 Å². The molecule has 0 bridgehead atoms. The maximum absolute atomic E-state index is 10.3. The van der Waals surface area contributed by atoms with E-state index >= 15 is 0 Å². The van der Waals surface area contributed by atoms with Crippen LogP contribution in [0, 0.1) is 0 Å². The molecule has 0 radical (unpaired) electrons. The van der Waals surface area contributed by atoms with Crippen molar-refractivity contribution >= 4 is 21.4 Å². The van der Waals surface area contributed by atoms with Crippen molar-refractivity contribution in [3.63, 3.8) is 0 Å². The third-order valence-electron chi connectivity index (χ3n) is 3.84. The van der Waals surface area contributed by atoms with Gasteiger partial charge in [-0.05, 0) is 41.4 Å². The molecule has 114 valence electrons. The van der Waals surface area contributed by atoms with Gasteiger partial charge in [-0.15, -0.1) is 11.3 Å². The number of nitrogens with zero attached hydrogens (tertiary/aromatic N) is 1. The molecule has 0 saturated heterocycles. The van der Waals surface area contributed by atoms with Crippen molar-refractivity contribution in [3.05, 3.63) is 71.1 Å². The zero-order valence-corrected chi connectivity index (χ0v) is 13.6. The van der Waals surface area contributed by atoms with Crippen molar-refractivity contribution in [1.29, 1.82) is 0 Å². The van der Waals surface area contributed by atoms with Crippen molar-refractivity contribution in [2.24, 2.45) is 0 Å². The number of thiophene rings is 1. The Balaban J connectivity index is 1.59. The van der Waals surface area contributed by atoms with Gasteiger partial charge in [0.1, 0.15) is 0 Å². The average molecular weight is 311 g/mol. The first kappa shape index (κ1) is 15.2. The highest BCUT2D eigenvalue weighted by Crippen LogP contribution is 2.26. The molecule has 0 aliphatic carbocycles. The summed E-state index contributed by atoms with van der Waals surface area (Å²) in [7, 11) is 2.07. The Morgan fingerprint density at radius 1 is 1.05 bits per heavy atom. The minimum atomic E-state index is -0.336. The van der Waals surface area contributed by atoms with Crippen molar-refractivity contribution in [1.82, 2.24) is 4.90 Å². The molecular weight excluding hydrogens is 290 g/mol. The highest BCUT2D eigenvalue weighted by Gasteiger charge is 2.11. The summed E-state index contributed by atoms with van der Waals surface area (Å²) in [5.74, 6) is 0. The maximum atomic E-state index is 10.3. The topological polar surface area (TPSA) is 23.5 Å². The van der Waals surface area contributed by atoms with Crippen LogP contribution < -0.4 is 0 Å². The second kappa shape index (κ2) is 7.05. The van der Waals surface area contributed by atoms with E-state index in [-0.39, 0.29) is 6.10 Å². The van der Waals surface area contributed by atoms with Crippen molar-refractivity contribution in [2.45, 2.75) is 19.1 Å². The lowest BCUT2D eigenvalue weighted by Gasteiger charge is -2.20. The third kappa shape index (κ3) is 3.74. The summed E-state index contributed by atoms with van der Waals surface area (Å²) in [5.41, 5.74) is 2.53. The maximum Gasteiger partial charge on any atom is 0.0707 e. The number of benzene rings is 2. The van der Waals surface area contributed by atoms with Crippen LogP contribution >= 0.6 is 11.3 Å². The summed E-state index contributed by atoms with van der Waals surface area (Å²) in [6.45, 7) is 1.55.